The van der Waals surface area contributed by atoms with Gasteiger partial charge in [-0.3, -0.25) is 9.59 Å². The lowest BCUT2D eigenvalue weighted by Gasteiger charge is -2.30. The van der Waals surface area contributed by atoms with E-state index in [1.807, 2.05) is 18.2 Å². The molecule has 102 valence electrons. The Hall–Kier alpha value is -1.55. The molecule has 1 aromatic carbocycles. The van der Waals surface area contributed by atoms with Gasteiger partial charge in [-0.25, -0.2) is 0 Å². The molecule has 19 heavy (non-hydrogen) atoms. The second-order valence-electron chi connectivity index (χ2n) is 4.79. The van der Waals surface area contributed by atoms with Gasteiger partial charge in [-0.15, -0.1) is 0 Å². The topological polar surface area (TPSA) is 57.6 Å². The van der Waals surface area contributed by atoms with Crippen LogP contribution in [0.25, 0.3) is 0 Å². The van der Waals surface area contributed by atoms with Crippen LogP contribution in [0.1, 0.15) is 18.4 Å². The minimum absolute atomic E-state index is 0.0564. The number of hydrogen-bond acceptors (Lipinski definition) is 2. The van der Waals surface area contributed by atoms with E-state index in [0.717, 1.165) is 12.0 Å². The zero-order chi connectivity index (χ0) is 13.8. The Balaban J connectivity index is 2.00. The summed E-state index contributed by atoms with van der Waals surface area (Å²) in [6.45, 7) is 0.936. The van der Waals surface area contributed by atoms with Crippen LogP contribution in [-0.2, 0) is 16.0 Å². The molecule has 1 aliphatic heterocycles. The second-order valence-corrected chi connectivity index (χ2v) is 5.19. The van der Waals surface area contributed by atoms with E-state index in [2.05, 4.69) is 0 Å². The van der Waals surface area contributed by atoms with Crippen molar-refractivity contribution in [2.24, 2.45) is 5.92 Å². The van der Waals surface area contributed by atoms with Crippen molar-refractivity contribution in [3.8, 4) is 0 Å². The van der Waals surface area contributed by atoms with E-state index in [1.165, 1.54) is 0 Å². The van der Waals surface area contributed by atoms with Crippen LogP contribution in [0.3, 0.4) is 0 Å². The van der Waals surface area contributed by atoms with Gasteiger partial charge < -0.3 is 10.0 Å². The highest BCUT2D eigenvalue weighted by molar-refractivity contribution is 6.31. The van der Waals surface area contributed by atoms with Crippen molar-refractivity contribution in [2.75, 3.05) is 13.1 Å². The molecule has 0 aliphatic carbocycles. The van der Waals surface area contributed by atoms with Gasteiger partial charge in [0.15, 0.2) is 0 Å². The molecule has 1 aromatic rings. The Morgan fingerprint density at radius 2 is 2.11 bits per heavy atom. The average Bonchev–Trinajstić information content (AvgIpc) is 2.41. The number of aliphatic carboxylic acids is 1. The number of amides is 1. The molecule has 1 amide bonds. The number of nitrogens with zero attached hydrogens (tertiary/aromatic N) is 1. The van der Waals surface area contributed by atoms with Crippen molar-refractivity contribution in [3.63, 3.8) is 0 Å². The molecule has 1 atom stereocenters. The summed E-state index contributed by atoms with van der Waals surface area (Å²) in [5.74, 6) is -1.32. The van der Waals surface area contributed by atoms with Crippen molar-refractivity contribution in [3.05, 3.63) is 34.9 Å². The van der Waals surface area contributed by atoms with Crippen LogP contribution in [0.5, 0.6) is 0 Å². The number of carboxylic acids is 1. The number of carbonyl (C=O) groups excluding carboxylic acids is 1. The SMILES string of the molecule is O=C(O)C1CCCN(C(=O)Cc2ccccc2Cl)C1. The highest BCUT2D eigenvalue weighted by atomic mass is 35.5. The largest absolute Gasteiger partial charge is 0.481 e. The first-order chi connectivity index (χ1) is 9.08. The van der Waals surface area contributed by atoms with E-state index >= 15 is 0 Å². The van der Waals surface area contributed by atoms with Crippen molar-refractivity contribution < 1.29 is 14.7 Å². The van der Waals surface area contributed by atoms with Crippen molar-refractivity contribution in [1.82, 2.24) is 4.90 Å². The molecule has 0 saturated carbocycles. The summed E-state index contributed by atoms with van der Waals surface area (Å²) in [6.07, 6.45) is 1.61. The van der Waals surface area contributed by atoms with Gasteiger partial charge in [0.25, 0.3) is 0 Å². The molecular formula is C14H16ClNO3. The zero-order valence-electron chi connectivity index (χ0n) is 10.5. The van der Waals surface area contributed by atoms with Crippen LogP contribution in [0.2, 0.25) is 5.02 Å². The lowest BCUT2D eigenvalue weighted by Crippen LogP contribution is -2.43. The molecule has 5 heteroatoms. The predicted molar refractivity (Wildman–Crippen MR) is 72.1 cm³/mol. The maximum absolute atomic E-state index is 12.2. The minimum atomic E-state index is -0.824. The fourth-order valence-electron chi connectivity index (χ4n) is 2.32. The Morgan fingerprint density at radius 3 is 2.79 bits per heavy atom. The summed E-state index contributed by atoms with van der Waals surface area (Å²) in [6, 6.07) is 7.22. The van der Waals surface area contributed by atoms with Gasteiger partial charge in [0.2, 0.25) is 5.91 Å². The van der Waals surface area contributed by atoms with E-state index in [1.54, 1.807) is 11.0 Å². The van der Waals surface area contributed by atoms with E-state index in [0.29, 0.717) is 24.5 Å². The Labute approximate surface area is 117 Å². The van der Waals surface area contributed by atoms with Crippen LogP contribution in [0, 0.1) is 5.92 Å². The first-order valence-electron chi connectivity index (χ1n) is 6.32. The number of rotatable bonds is 3. The summed E-state index contributed by atoms with van der Waals surface area (Å²) >= 11 is 6.02. The van der Waals surface area contributed by atoms with E-state index < -0.39 is 11.9 Å². The van der Waals surface area contributed by atoms with Gasteiger partial charge >= 0.3 is 5.97 Å². The van der Waals surface area contributed by atoms with Gasteiger partial charge in [0.1, 0.15) is 0 Å². The number of piperidine rings is 1. The molecule has 4 nitrogen and oxygen atoms in total. The van der Waals surface area contributed by atoms with Crippen molar-refractivity contribution >= 4 is 23.5 Å². The number of carboxylic acid groups (broad SMARTS) is 1. The normalized spacial score (nSPS) is 19.2. The molecule has 1 fully saturated rings. The monoisotopic (exact) mass is 281 g/mol. The van der Waals surface area contributed by atoms with Gasteiger partial charge in [0, 0.05) is 18.1 Å². The molecule has 1 heterocycles. The van der Waals surface area contributed by atoms with Crippen molar-refractivity contribution in [1.29, 1.82) is 0 Å². The van der Waals surface area contributed by atoms with Crippen LogP contribution >= 0.6 is 11.6 Å². The number of hydrogen-bond donors (Lipinski definition) is 1. The average molecular weight is 282 g/mol. The summed E-state index contributed by atoms with van der Waals surface area (Å²) in [5.41, 5.74) is 0.784. The molecule has 2 rings (SSSR count). The van der Waals surface area contributed by atoms with E-state index in [9.17, 15) is 9.59 Å². The maximum atomic E-state index is 12.2. The lowest BCUT2D eigenvalue weighted by atomic mass is 9.97. The summed E-state index contributed by atoms with van der Waals surface area (Å²) < 4.78 is 0. The highest BCUT2D eigenvalue weighted by Crippen LogP contribution is 2.20. The smallest absolute Gasteiger partial charge is 0.308 e. The number of halogens is 1. The minimum Gasteiger partial charge on any atom is -0.481 e. The predicted octanol–water partition coefficient (Wildman–Crippen LogP) is 2.21. The third-order valence-corrected chi connectivity index (χ3v) is 3.79. The number of likely N-dealkylation sites (tertiary alicyclic amines) is 1. The number of benzene rings is 1. The molecule has 0 spiro atoms. The van der Waals surface area contributed by atoms with E-state index in [-0.39, 0.29) is 12.3 Å². The van der Waals surface area contributed by atoms with Gasteiger partial charge in [-0.1, -0.05) is 29.8 Å². The zero-order valence-corrected chi connectivity index (χ0v) is 11.3. The Kier molecular flexibility index (Phi) is 4.43. The Bertz CT molecular complexity index is 489. The summed E-state index contributed by atoms with van der Waals surface area (Å²) in [7, 11) is 0. The summed E-state index contributed by atoms with van der Waals surface area (Å²) in [5, 5.41) is 9.58. The third-order valence-electron chi connectivity index (χ3n) is 3.42. The molecule has 0 radical (unpaired) electrons. The maximum Gasteiger partial charge on any atom is 0.308 e. The van der Waals surface area contributed by atoms with Gasteiger partial charge in [0.05, 0.1) is 12.3 Å². The Morgan fingerprint density at radius 1 is 1.37 bits per heavy atom. The third kappa shape index (κ3) is 3.47. The first-order valence-corrected chi connectivity index (χ1v) is 6.69. The molecule has 0 aromatic heterocycles. The highest BCUT2D eigenvalue weighted by Gasteiger charge is 2.28. The molecule has 1 unspecified atom stereocenters. The molecule has 1 aliphatic rings. The quantitative estimate of drug-likeness (QED) is 0.924. The lowest BCUT2D eigenvalue weighted by molar-refractivity contribution is -0.145. The fourth-order valence-corrected chi connectivity index (χ4v) is 2.52. The molecule has 0 bridgehead atoms. The van der Waals surface area contributed by atoms with Gasteiger partial charge in [-0.2, -0.15) is 0 Å². The second kappa shape index (κ2) is 6.06. The van der Waals surface area contributed by atoms with Gasteiger partial charge in [-0.05, 0) is 24.5 Å². The molecule has 1 saturated heterocycles. The molecular weight excluding hydrogens is 266 g/mol. The molecule has 1 N–H and O–H groups in total. The van der Waals surface area contributed by atoms with Crippen LogP contribution < -0.4 is 0 Å². The van der Waals surface area contributed by atoms with Crippen molar-refractivity contribution in [2.45, 2.75) is 19.3 Å². The number of carbonyl (C=O) groups is 2. The van der Waals surface area contributed by atoms with Crippen LogP contribution in [0.4, 0.5) is 0 Å². The standard InChI is InChI=1S/C14H16ClNO3/c15-12-6-2-1-4-10(12)8-13(17)16-7-3-5-11(9-16)14(18)19/h1-2,4,6,11H,3,5,7-9H2,(H,18,19). The summed E-state index contributed by atoms with van der Waals surface area (Å²) in [4.78, 5) is 24.8. The van der Waals surface area contributed by atoms with Crippen LogP contribution in [-0.4, -0.2) is 35.0 Å². The first kappa shape index (κ1) is 13.9. The fraction of sp³-hybridized carbons (Fsp3) is 0.429. The van der Waals surface area contributed by atoms with E-state index in [4.69, 9.17) is 16.7 Å². The van der Waals surface area contributed by atoms with Crippen LogP contribution in [0.15, 0.2) is 24.3 Å².